The van der Waals surface area contributed by atoms with Gasteiger partial charge in [-0.25, -0.2) is 0 Å². The molecule has 6 nitrogen and oxygen atoms in total. The zero-order chi connectivity index (χ0) is 15.9. The van der Waals surface area contributed by atoms with Crippen LogP contribution < -0.4 is 10.1 Å². The van der Waals surface area contributed by atoms with Crippen LogP contribution in [0, 0.1) is 6.92 Å². The fraction of sp³-hybridized carbons (Fsp3) is 0.357. The Morgan fingerprint density at radius 2 is 2.18 bits per heavy atom. The minimum absolute atomic E-state index is 0.0466. The molecule has 0 aliphatic rings. The number of aryl methyl sites for hydroxylation is 2. The molecule has 0 saturated heterocycles. The summed E-state index contributed by atoms with van der Waals surface area (Å²) in [5.41, 5.74) is 0.477. The van der Waals surface area contributed by atoms with Crippen molar-refractivity contribution in [2.45, 2.75) is 32.9 Å². The van der Waals surface area contributed by atoms with Gasteiger partial charge in [0.25, 0.3) is 0 Å². The molecule has 0 bridgehead atoms. The molecule has 0 atom stereocenters. The van der Waals surface area contributed by atoms with Gasteiger partial charge in [0.05, 0.1) is 0 Å². The van der Waals surface area contributed by atoms with E-state index < -0.39 is 6.61 Å². The van der Waals surface area contributed by atoms with E-state index in [4.69, 9.17) is 4.52 Å². The Morgan fingerprint density at radius 3 is 2.86 bits per heavy atom. The van der Waals surface area contributed by atoms with Crippen LogP contribution in [0.2, 0.25) is 0 Å². The molecule has 0 saturated carbocycles. The summed E-state index contributed by atoms with van der Waals surface area (Å²) < 4.78 is 33.8. The van der Waals surface area contributed by atoms with Crippen molar-refractivity contribution < 1.29 is 22.8 Å². The molecule has 0 fully saturated rings. The van der Waals surface area contributed by atoms with Crippen LogP contribution in [0.15, 0.2) is 28.8 Å². The third-order valence-corrected chi connectivity index (χ3v) is 2.80. The standard InChI is InChI=1S/C14H15F2N3O3/c1-9-18-13(22-19-9)7-6-12(20)17-8-10-4-2-3-5-11(10)21-14(15)16/h2-5,14H,6-8H2,1H3,(H,17,20). The van der Waals surface area contributed by atoms with Crippen LogP contribution in [0.4, 0.5) is 8.78 Å². The molecule has 8 heteroatoms. The normalized spacial score (nSPS) is 10.7. The van der Waals surface area contributed by atoms with Gasteiger partial charge in [0, 0.05) is 24.9 Å². The predicted octanol–water partition coefficient (Wildman–Crippen LogP) is 2.23. The summed E-state index contributed by atoms with van der Waals surface area (Å²) in [7, 11) is 0. The molecule has 1 heterocycles. The quantitative estimate of drug-likeness (QED) is 0.848. The van der Waals surface area contributed by atoms with Gasteiger partial charge in [0.15, 0.2) is 5.82 Å². The zero-order valence-electron chi connectivity index (χ0n) is 11.9. The number of alkyl halides is 2. The lowest BCUT2D eigenvalue weighted by molar-refractivity contribution is -0.121. The summed E-state index contributed by atoms with van der Waals surface area (Å²) in [6.07, 6.45) is 0.487. The Labute approximate surface area is 125 Å². The number of aromatic nitrogens is 2. The van der Waals surface area contributed by atoms with Crippen LogP contribution >= 0.6 is 0 Å². The maximum atomic E-state index is 12.3. The average molecular weight is 311 g/mol. The maximum absolute atomic E-state index is 12.3. The third kappa shape index (κ3) is 4.80. The van der Waals surface area contributed by atoms with Crippen molar-refractivity contribution in [2.75, 3.05) is 0 Å². The minimum atomic E-state index is -2.90. The first-order valence-corrected chi connectivity index (χ1v) is 6.63. The Hall–Kier alpha value is -2.51. The molecule has 22 heavy (non-hydrogen) atoms. The number of nitrogens with one attached hydrogen (secondary N) is 1. The van der Waals surface area contributed by atoms with E-state index in [0.29, 0.717) is 23.7 Å². The van der Waals surface area contributed by atoms with E-state index in [9.17, 15) is 13.6 Å². The predicted molar refractivity (Wildman–Crippen MR) is 72.3 cm³/mol. The average Bonchev–Trinajstić information content (AvgIpc) is 2.89. The second kappa shape index (κ2) is 7.48. The van der Waals surface area contributed by atoms with Crippen LogP contribution in [0.3, 0.4) is 0 Å². The molecule has 2 aromatic rings. The van der Waals surface area contributed by atoms with E-state index >= 15 is 0 Å². The van der Waals surface area contributed by atoms with Crippen molar-refractivity contribution in [1.82, 2.24) is 15.5 Å². The third-order valence-electron chi connectivity index (χ3n) is 2.80. The van der Waals surface area contributed by atoms with E-state index in [1.54, 1.807) is 25.1 Å². The van der Waals surface area contributed by atoms with Crippen LogP contribution in [0.25, 0.3) is 0 Å². The molecule has 2 rings (SSSR count). The molecule has 0 radical (unpaired) electrons. The first kappa shape index (κ1) is 15.9. The lowest BCUT2D eigenvalue weighted by Crippen LogP contribution is -2.23. The molecule has 1 aromatic heterocycles. The van der Waals surface area contributed by atoms with Gasteiger partial charge in [0.1, 0.15) is 5.75 Å². The molecule has 118 valence electrons. The van der Waals surface area contributed by atoms with Gasteiger partial charge in [-0.1, -0.05) is 23.4 Å². The molecular weight excluding hydrogens is 296 g/mol. The van der Waals surface area contributed by atoms with Crippen molar-refractivity contribution in [2.24, 2.45) is 0 Å². The van der Waals surface area contributed by atoms with E-state index in [1.807, 2.05) is 0 Å². The number of nitrogens with zero attached hydrogens (tertiary/aromatic N) is 2. The smallest absolute Gasteiger partial charge is 0.387 e. The SMILES string of the molecule is Cc1noc(CCC(=O)NCc2ccccc2OC(F)F)n1. The van der Waals surface area contributed by atoms with E-state index in [2.05, 4.69) is 20.2 Å². The number of para-hydroxylation sites is 1. The van der Waals surface area contributed by atoms with Gasteiger partial charge in [-0.3, -0.25) is 4.79 Å². The van der Waals surface area contributed by atoms with Gasteiger partial charge >= 0.3 is 6.61 Å². The molecule has 1 amide bonds. The Bertz CT molecular complexity index is 631. The highest BCUT2D eigenvalue weighted by molar-refractivity contribution is 5.76. The largest absolute Gasteiger partial charge is 0.434 e. The minimum Gasteiger partial charge on any atom is -0.434 e. The van der Waals surface area contributed by atoms with E-state index in [-0.39, 0.29) is 24.6 Å². The van der Waals surface area contributed by atoms with Crippen molar-refractivity contribution in [3.05, 3.63) is 41.5 Å². The van der Waals surface area contributed by atoms with Gasteiger partial charge < -0.3 is 14.6 Å². The molecule has 0 unspecified atom stereocenters. The first-order valence-electron chi connectivity index (χ1n) is 6.63. The fourth-order valence-corrected chi connectivity index (χ4v) is 1.81. The zero-order valence-corrected chi connectivity index (χ0v) is 11.9. The second-order valence-corrected chi connectivity index (χ2v) is 4.50. The van der Waals surface area contributed by atoms with Crippen molar-refractivity contribution in [3.8, 4) is 5.75 Å². The Balaban J connectivity index is 1.83. The number of ether oxygens (including phenoxy) is 1. The number of amides is 1. The Kier molecular flexibility index (Phi) is 5.40. The number of rotatable bonds is 7. The van der Waals surface area contributed by atoms with Gasteiger partial charge in [-0.15, -0.1) is 0 Å². The van der Waals surface area contributed by atoms with Crippen LogP contribution in [0.1, 0.15) is 23.7 Å². The van der Waals surface area contributed by atoms with Crippen LogP contribution in [0.5, 0.6) is 5.75 Å². The van der Waals surface area contributed by atoms with Crippen LogP contribution in [-0.2, 0) is 17.8 Å². The summed E-state index contributed by atoms with van der Waals surface area (Å²) >= 11 is 0. The topological polar surface area (TPSA) is 77.2 Å². The monoisotopic (exact) mass is 311 g/mol. The van der Waals surface area contributed by atoms with Crippen molar-refractivity contribution in [1.29, 1.82) is 0 Å². The highest BCUT2D eigenvalue weighted by Gasteiger charge is 2.11. The molecule has 0 aliphatic carbocycles. The number of benzene rings is 1. The van der Waals surface area contributed by atoms with Gasteiger partial charge in [-0.05, 0) is 13.0 Å². The van der Waals surface area contributed by atoms with Crippen molar-refractivity contribution >= 4 is 5.91 Å². The summed E-state index contributed by atoms with van der Waals surface area (Å²) in [6.45, 7) is -1.12. The number of carbonyl (C=O) groups excluding carboxylic acids is 1. The lowest BCUT2D eigenvalue weighted by Gasteiger charge is -2.11. The maximum Gasteiger partial charge on any atom is 0.387 e. The number of hydrogen-bond acceptors (Lipinski definition) is 5. The Morgan fingerprint density at radius 1 is 1.41 bits per heavy atom. The molecule has 1 aromatic carbocycles. The second-order valence-electron chi connectivity index (χ2n) is 4.50. The van der Waals surface area contributed by atoms with E-state index in [0.717, 1.165) is 0 Å². The van der Waals surface area contributed by atoms with Gasteiger partial charge in [-0.2, -0.15) is 13.8 Å². The molecule has 0 spiro atoms. The first-order chi connectivity index (χ1) is 10.5. The van der Waals surface area contributed by atoms with E-state index in [1.165, 1.54) is 6.07 Å². The highest BCUT2D eigenvalue weighted by atomic mass is 19.3. The number of halogens is 2. The summed E-state index contributed by atoms with van der Waals surface area (Å²) in [5, 5.41) is 6.26. The summed E-state index contributed by atoms with van der Waals surface area (Å²) in [5.74, 6) is 0.690. The molecular formula is C14H15F2N3O3. The molecule has 1 N–H and O–H groups in total. The highest BCUT2D eigenvalue weighted by Crippen LogP contribution is 2.19. The van der Waals surface area contributed by atoms with Gasteiger partial charge in [0.2, 0.25) is 11.8 Å². The van der Waals surface area contributed by atoms with Crippen molar-refractivity contribution in [3.63, 3.8) is 0 Å². The summed E-state index contributed by atoms with van der Waals surface area (Å²) in [6, 6.07) is 6.30. The fourth-order valence-electron chi connectivity index (χ4n) is 1.81. The van der Waals surface area contributed by atoms with Crippen LogP contribution in [-0.4, -0.2) is 22.7 Å². The lowest BCUT2D eigenvalue weighted by atomic mass is 10.2. The number of hydrogen-bond donors (Lipinski definition) is 1. The molecule has 0 aliphatic heterocycles. The summed E-state index contributed by atoms with van der Waals surface area (Å²) in [4.78, 5) is 15.7. The number of carbonyl (C=O) groups is 1.